The molecule has 1 N–H and O–H groups in total. The van der Waals surface area contributed by atoms with Crippen LogP contribution in [0.4, 0.5) is 0 Å². The zero-order valence-corrected chi connectivity index (χ0v) is 11.7. The van der Waals surface area contributed by atoms with Crippen LogP contribution < -0.4 is 5.32 Å². The van der Waals surface area contributed by atoms with Gasteiger partial charge in [-0.15, -0.1) is 0 Å². The van der Waals surface area contributed by atoms with Crippen LogP contribution in [0.5, 0.6) is 0 Å². The van der Waals surface area contributed by atoms with Gasteiger partial charge in [-0.05, 0) is 41.0 Å². The van der Waals surface area contributed by atoms with E-state index in [2.05, 4.69) is 26.2 Å². The fraction of sp³-hybridized carbons (Fsp3) is 0.583. The van der Waals surface area contributed by atoms with Crippen LogP contribution in [0.25, 0.3) is 0 Å². The Kier molecular flexibility index (Phi) is 8.17. The molecule has 0 aliphatic carbocycles. The second kappa shape index (κ2) is 9.53. The predicted octanol–water partition coefficient (Wildman–Crippen LogP) is 1.99. The van der Waals surface area contributed by atoms with E-state index in [-0.39, 0.29) is 0 Å². The van der Waals surface area contributed by atoms with Gasteiger partial charge in [-0.3, -0.25) is 0 Å². The lowest BCUT2D eigenvalue weighted by Gasteiger charge is -2.05. The van der Waals surface area contributed by atoms with Crippen LogP contribution in [-0.2, 0) is 16.0 Å². The van der Waals surface area contributed by atoms with Gasteiger partial charge >= 0.3 is 0 Å². The van der Waals surface area contributed by atoms with Crippen molar-refractivity contribution in [2.75, 3.05) is 33.5 Å². The van der Waals surface area contributed by atoms with Gasteiger partial charge in [0.25, 0.3) is 0 Å². The lowest BCUT2D eigenvalue weighted by molar-refractivity contribution is 0.0694. The molecule has 0 unspecified atom stereocenters. The monoisotopic (exact) mass is 302 g/mol. The van der Waals surface area contributed by atoms with Gasteiger partial charge in [0.15, 0.2) is 0 Å². The van der Waals surface area contributed by atoms with Gasteiger partial charge in [0.1, 0.15) is 4.60 Å². The van der Waals surface area contributed by atoms with Crippen LogP contribution in [0.2, 0.25) is 0 Å². The Hall–Kier alpha value is -0.490. The number of ether oxygens (including phenoxy) is 2. The van der Waals surface area contributed by atoms with E-state index in [0.717, 1.165) is 36.4 Å². The van der Waals surface area contributed by atoms with Gasteiger partial charge in [0.2, 0.25) is 0 Å². The molecule has 0 spiro atoms. The molecule has 1 aromatic heterocycles. The number of rotatable bonds is 9. The third kappa shape index (κ3) is 7.44. The third-order valence-corrected chi connectivity index (χ3v) is 2.59. The summed E-state index contributed by atoms with van der Waals surface area (Å²) >= 11 is 3.35. The zero-order chi connectivity index (χ0) is 12.3. The highest BCUT2D eigenvalue weighted by atomic mass is 79.9. The van der Waals surface area contributed by atoms with E-state index in [0.29, 0.717) is 13.2 Å². The fourth-order valence-electron chi connectivity index (χ4n) is 1.31. The molecule has 17 heavy (non-hydrogen) atoms. The molecule has 96 valence electrons. The molecule has 1 rings (SSSR count). The maximum Gasteiger partial charge on any atom is 0.106 e. The van der Waals surface area contributed by atoms with Gasteiger partial charge in [-0.2, -0.15) is 0 Å². The van der Waals surface area contributed by atoms with Crippen molar-refractivity contribution in [3.8, 4) is 0 Å². The molecule has 0 saturated carbocycles. The quantitative estimate of drug-likeness (QED) is 0.560. The first-order chi connectivity index (χ1) is 8.33. The molecule has 1 aromatic rings. The maximum absolute atomic E-state index is 5.36. The summed E-state index contributed by atoms with van der Waals surface area (Å²) in [6, 6.07) is 5.92. The molecule has 1 heterocycles. The molecule has 0 aliphatic heterocycles. The maximum atomic E-state index is 5.36. The summed E-state index contributed by atoms with van der Waals surface area (Å²) in [5, 5.41) is 3.33. The van der Waals surface area contributed by atoms with E-state index >= 15 is 0 Å². The standard InChI is InChI=1S/C12H19BrN2O2/c1-16-8-9-17-7-3-6-14-10-11-4-2-5-12(13)15-11/h2,4-5,14H,3,6-10H2,1H3. The lowest BCUT2D eigenvalue weighted by atomic mass is 10.3. The summed E-state index contributed by atoms with van der Waals surface area (Å²) in [5.41, 5.74) is 1.04. The smallest absolute Gasteiger partial charge is 0.106 e. The fourth-order valence-corrected chi connectivity index (χ4v) is 1.69. The Labute approximate surface area is 111 Å². The Bertz CT molecular complexity index is 310. The Morgan fingerprint density at radius 3 is 2.94 bits per heavy atom. The number of halogens is 1. The van der Waals surface area contributed by atoms with E-state index < -0.39 is 0 Å². The van der Waals surface area contributed by atoms with Crippen LogP contribution in [0.1, 0.15) is 12.1 Å². The average Bonchev–Trinajstić information content (AvgIpc) is 2.33. The zero-order valence-electron chi connectivity index (χ0n) is 10.1. The van der Waals surface area contributed by atoms with Crippen molar-refractivity contribution in [3.05, 3.63) is 28.5 Å². The molecule has 0 saturated heterocycles. The first-order valence-electron chi connectivity index (χ1n) is 5.72. The predicted molar refractivity (Wildman–Crippen MR) is 71.0 cm³/mol. The van der Waals surface area contributed by atoms with E-state index in [1.54, 1.807) is 7.11 Å². The average molecular weight is 303 g/mol. The number of hydrogen-bond acceptors (Lipinski definition) is 4. The van der Waals surface area contributed by atoms with Crippen molar-refractivity contribution in [1.82, 2.24) is 10.3 Å². The van der Waals surface area contributed by atoms with Gasteiger partial charge in [-0.1, -0.05) is 6.07 Å². The van der Waals surface area contributed by atoms with Gasteiger partial charge in [0.05, 0.1) is 18.9 Å². The molecular formula is C12H19BrN2O2. The summed E-state index contributed by atoms with van der Waals surface area (Å²) in [5.74, 6) is 0. The number of nitrogens with one attached hydrogen (secondary N) is 1. The highest BCUT2D eigenvalue weighted by Crippen LogP contribution is 2.05. The molecule has 0 atom stereocenters. The molecule has 0 aromatic carbocycles. The van der Waals surface area contributed by atoms with E-state index in [9.17, 15) is 0 Å². The molecular weight excluding hydrogens is 284 g/mol. The van der Waals surface area contributed by atoms with Crippen LogP contribution in [0.3, 0.4) is 0 Å². The van der Waals surface area contributed by atoms with Crippen LogP contribution in [0, 0.1) is 0 Å². The minimum Gasteiger partial charge on any atom is -0.382 e. The summed E-state index contributed by atoms with van der Waals surface area (Å²) < 4.78 is 11.1. The van der Waals surface area contributed by atoms with E-state index in [1.807, 2.05) is 18.2 Å². The van der Waals surface area contributed by atoms with Crippen molar-refractivity contribution in [3.63, 3.8) is 0 Å². The van der Waals surface area contributed by atoms with Gasteiger partial charge in [0, 0.05) is 20.3 Å². The summed E-state index contributed by atoms with van der Waals surface area (Å²) in [6.07, 6.45) is 0.998. The second-order valence-electron chi connectivity index (χ2n) is 3.59. The number of aromatic nitrogens is 1. The van der Waals surface area contributed by atoms with Crippen molar-refractivity contribution in [2.45, 2.75) is 13.0 Å². The molecule has 0 aliphatic rings. The van der Waals surface area contributed by atoms with Crippen LogP contribution in [0.15, 0.2) is 22.8 Å². The summed E-state index contributed by atoms with van der Waals surface area (Å²) in [7, 11) is 1.68. The number of hydrogen-bond donors (Lipinski definition) is 1. The minimum atomic E-state index is 0.662. The molecule has 0 fully saturated rings. The van der Waals surface area contributed by atoms with Crippen LogP contribution in [-0.4, -0.2) is 38.5 Å². The summed E-state index contributed by atoms with van der Waals surface area (Å²) in [4.78, 5) is 4.34. The van der Waals surface area contributed by atoms with E-state index in [1.165, 1.54) is 0 Å². The number of pyridine rings is 1. The highest BCUT2D eigenvalue weighted by molar-refractivity contribution is 9.10. The van der Waals surface area contributed by atoms with Crippen molar-refractivity contribution in [1.29, 1.82) is 0 Å². The summed E-state index contributed by atoms with van der Waals surface area (Å²) in [6.45, 7) is 3.82. The van der Waals surface area contributed by atoms with E-state index in [4.69, 9.17) is 9.47 Å². The SMILES string of the molecule is COCCOCCCNCc1cccc(Br)n1. The second-order valence-corrected chi connectivity index (χ2v) is 4.40. The number of nitrogens with zero attached hydrogens (tertiary/aromatic N) is 1. The largest absolute Gasteiger partial charge is 0.382 e. The first kappa shape index (κ1) is 14.6. The highest BCUT2D eigenvalue weighted by Gasteiger charge is 1.95. The normalized spacial score (nSPS) is 10.7. The van der Waals surface area contributed by atoms with Crippen molar-refractivity contribution in [2.24, 2.45) is 0 Å². The molecule has 4 nitrogen and oxygen atoms in total. The first-order valence-corrected chi connectivity index (χ1v) is 6.51. The van der Waals surface area contributed by atoms with Gasteiger partial charge in [-0.25, -0.2) is 4.98 Å². The number of methoxy groups -OCH3 is 1. The molecule has 0 bridgehead atoms. The van der Waals surface area contributed by atoms with Crippen LogP contribution >= 0.6 is 15.9 Å². The Morgan fingerprint density at radius 2 is 2.18 bits per heavy atom. The molecule has 0 amide bonds. The van der Waals surface area contributed by atoms with Crippen molar-refractivity contribution < 1.29 is 9.47 Å². The Balaban J connectivity index is 1.97. The topological polar surface area (TPSA) is 43.4 Å². The lowest BCUT2D eigenvalue weighted by Crippen LogP contribution is -2.17. The Morgan fingerprint density at radius 1 is 1.29 bits per heavy atom. The minimum absolute atomic E-state index is 0.662. The van der Waals surface area contributed by atoms with Gasteiger partial charge < -0.3 is 14.8 Å². The van der Waals surface area contributed by atoms with Crippen molar-refractivity contribution >= 4 is 15.9 Å². The molecule has 0 radical (unpaired) electrons. The molecule has 5 heteroatoms. The third-order valence-electron chi connectivity index (χ3n) is 2.15.